The Labute approximate surface area is 147 Å². The minimum absolute atomic E-state index is 0.00509. The summed E-state index contributed by atoms with van der Waals surface area (Å²) in [5.41, 5.74) is -5.38. The third kappa shape index (κ3) is 4.42. The maximum atomic E-state index is 12.8. The van der Waals surface area contributed by atoms with Gasteiger partial charge < -0.3 is 10.2 Å². The van der Waals surface area contributed by atoms with Crippen molar-refractivity contribution in [2.75, 3.05) is 4.90 Å². The summed E-state index contributed by atoms with van der Waals surface area (Å²) in [6.45, 7) is 0.791. The van der Waals surface area contributed by atoms with E-state index >= 15 is 0 Å². The van der Waals surface area contributed by atoms with Crippen molar-refractivity contribution < 1.29 is 41.4 Å². The molecule has 0 aliphatic carbocycles. The van der Waals surface area contributed by atoms with Gasteiger partial charge in [0.1, 0.15) is 0 Å². The van der Waals surface area contributed by atoms with Crippen LogP contribution in [0.3, 0.4) is 0 Å². The standard InChI is InChI=1S/C13H11Cl2F6NO3/c1-6(5-11(25,12(16,17)18)13(19,20)21)22(10(23)24)7-2-3-8(14)9(15)4-7/h2-4,6,25H,5H2,1H3,(H,23,24). The van der Waals surface area contributed by atoms with Gasteiger partial charge in [-0.3, -0.25) is 4.90 Å². The van der Waals surface area contributed by atoms with E-state index < -0.39 is 36.5 Å². The average Bonchev–Trinajstić information content (AvgIpc) is 2.39. The number of hydrogen-bond acceptors (Lipinski definition) is 2. The maximum Gasteiger partial charge on any atom is 0.426 e. The topological polar surface area (TPSA) is 60.8 Å². The number of halogens is 8. The van der Waals surface area contributed by atoms with Crippen LogP contribution >= 0.6 is 23.2 Å². The van der Waals surface area contributed by atoms with Crippen molar-refractivity contribution in [2.24, 2.45) is 0 Å². The predicted molar refractivity (Wildman–Crippen MR) is 78.1 cm³/mol. The zero-order valence-electron chi connectivity index (χ0n) is 12.3. The summed E-state index contributed by atoms with van der Waals surface area (Å²) >= 11 is 11.3. The van der Waals surface area contributed by atoms with E-state index in [-0.39, 0.29) is 20.6 Å². The molecule has 12 heteroatoms. The van der Waals surface area contributed by atoms with Crippen molar-refractivity contribution in [1.29, 1.82) is 0 Å². The van der Waals surface area contributed by atoms with Crippen molar-refractivity contribution in [3.8, 4) is 0 Å². The molecule has 1 rings (SSSR count). The number of benzene rings is 1. The van der Waals surface area contributed by atoms with Gasteiger partial charge in [-0.15, -0.1) is 0 Å². The third-order valence-electron chi connectivity index (χ3n) is 3.36. The second-order valence-electron chi connectivity index (χ2n) is 5.16. The van der Waals surface area contributed by atoms with Crippen LogP contribution in [0.1, 0.15) is 13.3 Å². The van der Waals surface area contributed by atoms with Crippen LogP contribution in [-0.4, -0.2) is 40.3 Å². The lowest BCUT2D eigenvalue weighted by molar-refractivity contribution is -0.370. The summed E-state index contributed by atoms with van der Waals surface area (Å²) in [5.74, 6) is 0. The lowest BCUT2D eigenvalue weighted by Crippen LogP contribution is -2.60. The Morgan fingerprint density at radius 3 is 1.96 bits per heavy atom. The number of nitrogens with zero attached hydrogens (tertiary/aromatic N) is 1. The molecule has 1 unspecified atom stereocenters. The lowest BCUT2D eigenvalue weighted by atomic mass is 9.93. The van der Waals surface area contributed by atoms with Gasteiger partial charge in [0.05, 0.1) is 10.0 Å². The van der Waals surface area contributed by atoms with Gasteiger partial charge in [0, 0.05) is 18.2 Å². The molecule has 2 N–H and O–H groups in total. The largest absolute Gasteiger partial charge is 0.465 e. The molecule has 1 amide bonds. The third-order valence-corrected chi connectivity index (χ3v) is 4.10. The minimum atomic E-state index is -6.05. The van der Waals surface area contributed by atoms with Gasteiger partial charge in [-0.1, -0.05) is 23.2 Å². The quantitative estimate of drug-likeness (QED) is 0.674. The number of carboxylic acid groups (broad SMARTS) is 1. The van der Waals surface area contributed by atoms with E-state index in [9.17, 15) is 36.2 Å². The van der Waals surface area contributed by atoms with Gasteiger partial charge in [-0.2, -0.15) is 26.3 Å². The second-order valence-corrected chi connectivity index (χ2v) is 5.97. The van der Waals surface area contributed by atoms with E-state index in [1.165, 1.54) is 0 Å². The molecule has 0 fully saturated rings. The Balaban J connectivity index is 3.29. The summed E-state index contributed by atoms with van der Waals surface area (Å²) in [4.78, 5) is 11.6. The first-order chi connectivity index (χ1) is 11.1. The molecule has 0 aromatic heterocycles. The molecule has 0 aliphatic heterocycles. The van der Waals surface area contributed by atoms with Gasteiger partial charge >= 0.3 is 18.4 Å². The van der Waals surface area contributed by atoms with E-state index in [4.69, 9.17) is 28.3 Å². The molecule has 25 heavy (non-hydrogen) atoms. The molecule has 0 spiro atoms. The number of alkyl halides is 6. The molecule has 0 saturated carbocycles. The number of rotatable bonds is 4. The van der Waals surface area contributed by atoms with E-state index in [2.05, 4.69) is 0 Å². The van der Waals surface area contributed by atoms with Crippen LogP contribution in [0.4, 0.5) is 36.8 Å². The van der Waals surface area contributed by atoms with Gasteiger partial charge in [0.15, 0.2) is 0 Å². The molecule has 4 nitrogen and oxygen atoms in total. The van der Waals surface area contributed by atoms with Crippen LogP contribution in [0.15, 0.2) is 18.2 Å². The molecular formula is C13H11Cl2F6NO3. The fourth-order valence-corrected chi connectivity index (χ4v) is 2.39. The number of anilines is 1. The van der Waals surface area contributed by atoms with Gasteiger partial charge in [0.25, 0.3) is 5.60 Å². The van der Waals surface area contributed by atoms with Crippen LogP contribution in [0.25, 0.3) is 0 Å². The monoisotopic (exact) mass is 413 g/mol. The van der Waals surface area contributed by atoms with Crippen molar-refractivity contribution in [3.63, 3.8) is 0 Å². The second kappa shape index (κ2) is 7.08. The predicted octanol–water partition coefficient (Wildman–Crippen LogP) is 5.11. The highest BCUT2D eigenvalue weighted by Crippen LogP contribution is 2.46. The average molecular weight is 414 g/mol. The zero-order valence-corrected chi connectivity index (χ0v) is 13.8. The van der Waals surface area contributed by atoms with E-state index in [1.807, 2.05) is 0 Å². The fraction of sp³-hybridized carbons (Fsp3) is 0.462. The zero-order chi connectivity index (χ0) is 19.8. The summed E-state index contributed by atoms with van der Waals surface area (Å²) in [6, 6.07) is 1.25. The first-order valence-corrected chi connectivity index (χ1v) is 7.20. The molecule has 1 aromatic carbocycles. The molecular weight excluding hydrogens is 403 g/mol. The summed E-state index contributed by atoms with van der Waals surface area (Å²) < 4.78 is 76.6. The highest BCUT2D eigenvalue weighted by atomic mass is 35.5. The number of amides is 1. The number of carbonyl (C=O) groups is 1. The summed E-state index contributed by atoms with van der Waals surface area (Å²) in [6.07, 6.45) is -15.9. The summed E-state index contributed by atoms with van der Waals surface area (Å²) in [5, 5.41) is 18.2. The van der Waals surface area contributed by atoms with Crippen LogP contribution in [0.5, 0.6) is 0 Å². The van der Waals surface area contributed by atoms with E-state index in [0.717, 1.165) is 25.1 Å². The van der Waals surface area contributed by atoms with Crippen molar-refractivity contribution in [2.45, 2.75) is 37.3 Å². The molecule has 0 heterocycles. The lowest BCUT2D eigenvalue weighted by Gasteiger charge is -2.37. The highest BCUT2D eigenvalue weighted by molar-refractivity contribution is 6.42. The normalized spacial score (nSPS) is 14.3. The Morgan fingerprint density at radius 1 is 1.12 bits per heavy atom. The SMILES string of the molecule is CC(CC(O)(C(F)(F)F)C(F)(F)F)N(C(=O)O)c1ccc(Cl)c(Cl)c1. The van der Waals surface area contributed by atoms with Crippen LogP contribution < -0.4 is 4.90 Å². The van der Waals surface area contributed by atoms with E-state index in [1.54, 1.807) is 0 Å². The summed E-state index contributed by atoms with van der Waals surface area (Å²) in [7, 11) is 0. The molecule has 142 valence electrons. The highest BCUT2D eigenvalue weighted by Gasteiger charge is 2.70. The van der Waals surface area contributed by atoms with Crippen molar-refractivity contribution >= 4 is 35.0 Å². The minimum Gasteiger partial charge on any atom is -0.465 e. The van der Waals surface area contributed by atoms with Crippen molar-refractivity contribution in [1.82, 2.24) is 0 Å². The van der Waals surface area contributed by atoms with Crippen LogP contribution in [-0.2, 0) is 0 Å². The first kappa shape index (κ1) is 21.7. The fourth-order valence-electron chi connectivity index (χ4n) is 2.10. The Hall–Kier alpha value is -1.39. The molecule has 0 radical (unpaired) electrons. The molecule has 1 aromatic rings. The number of aliphatic hydroxyl groups is 1. The van der Waals surface area contributed by atoms with E-state index in [0.29, 0.717) is 0 Å². The van der Waals surface area contributed by atoms with Gasteiger partial charge in [-0.25, -0.2) is 4.79 Å². The molecule has 1 atom stereocenters. The van der Waals surface area contributed by atoms with Gasteiger partial charge in [0.2, 0.25) is 0 Å². The van der Waals surface area contributed by atoms with Crippen LogP contribution in [0.2, 0.25) is 10.0 Å². The Bertz CT molecular complexity index is 636. The Kier molecular flexibility index (Phi) is 6.13. The molecule has 0 saturated heterocycles. The molecule has 0 aliphatic rings. The first-order valence-electron chi connectivity index (χ1n) is 6.45. The number of hydrogen-bond donors (Lipinski definition) is 2. The van der Waals surface area contributed by atoms with Crippen LogP contribution in [0, 0.1) is 0 Å². The molecule has 0 bridgehead atoms. The Morgan fingerprint density at radius 2 is 1.60 bits per heavy atom. The maximum absolute atomic E-state index is 12.8. The smallest absolute Gasteiger partial charge is 0.426 e. The van der Waals surface area contributed by atoms with Crippen molar-refractivity contribution in [3.05, 3.63) is 28.2 Å². The van der Waals surface area contributed by atoms with Gasteiger partial charge in [-0.05, 0) is 25.1 Å².